The van der Waals surface area contributed by atoms with Crippen LogP contribution >= 0.6 is 0 Å². The summed E-state index contributed by atoms with van der Waals surface area (Å²) in [5, 5.41) is 0. The molecule has 0 fully saturated rings. The van der Waals surface area contributed by atoms with Crippen LogP contribution in [-0.4, -0.2) is 17.6 Å². The van der Waals surface area contributed by atoms with Gasteiger partial charge < -0.3 is 4.90 Å². The zero-order valence-electron chi connectivity index (χ0n) is 7.62. The predicted octanol–water partition coefficient (Wildman–Crippen LogP) is 1.85. The number of nitrogens with zero attached hydrogens (tertiary/aromatic N) is 2. The molecular weight excluding hydrogens is 148 g/mol. The Morgan fingerprint density at radius 2 is 2.33 bits per heavy atom. The van der Waals surface area contributed by atoms with Crippen LogP contribution in [0.15, 0.2) is 18.5 Å². The molecule has 0 spiro atoms. The minimum Gasteiger partial charge on any atom is -0.367 e. The van der Waals surface area contributed by atoms with Gasteiger partial charge >= 0.3 is 0 Å². The van der Waals surface area contributed by atoms with Crippen LogP contribution in [0.3, 0.4) is 0 Å². The molecule has 1 aliphatic rings. The molecule has 2 heterocycles. The van der Waals surface area contributed by atoms with Crippen molar-refractivity contribution in [3.63, 3.8) is 0 Å². The Labute approximate surface area is 73.2 Å². The van der Waals surface area contributed by atoms with E-state index in [2.05, 4.69) is 29.8 Å². The lowest BCUT2D eigenvalue weighted by Gasteiger charge is -2.23. The maximum atomic E-state index is 4.15. The molecule has 1 aromatic rings. The fourth-order valence-corrected chi connectivity index (χ4v) is 1.78. The maximum Gasteiger partial charge on any atom is 0.0588 e. The lowest BCUT2D eigenvalue weighted by molar-refractivity contribution is 0.709. The Morgan fingerprint density at radius 3 is 3.08 bits per heavy atom. The van der Waals surface area contributed by atoms with Crippen molar-refractivity contribution in [2.24, 2.45) is 0 Å². The van der Waals surface area contributed by atoms with Crippen molar-refractivity contribution in [2.75, 3.05) is 11.4 Å². The molecule has 0 saturated carbocycles. The van der Waals surface area contributed by atoms with E-state index in [0.717, 1.165) is 6.54 Å². The summed E-state index contributed by atoms with van der Waals surface area (Å²) in [6.07, 6.45) is 5.03. The molecule has 64 valence electrons. The first-order valence-electron chi connectivity index (χ1n) is 4.48. The summed E-state index contributed by atoms with van der Waals surface area (Å²) in [5.74, 6) is 0. The third-order valence-electron chi connectivity index (χ3n) is 2.44. The number of hydrogen-bond acceptors (Lipinski definition) is 2. The third-order valence-corrected chi connectivity index (χ3v) is 2.44. The lowest BCUT2D eigenvalue weighted by Crippen LogP contribution is -2.28. The molecular formula is C10H14N2. The van der Waals surface area contributed by atoms with Crippen LogP contribution in [0.5, 0.6) is 0 Å². The van der Waals surface area contributed by atoms with Crippen molar-refractivity contribution >= 4 is 5.69 Å². The summed E-state index contributed by atoms with van der Waals surface area (Å²) in [4.78, 5) is 6.55. The summed E-state index contributed by atoms with van der Waals surface area (Å²) in [5.41, 5.74) is 2.77. The van der Waals surface area contributed by atoms with Gasteiger partial charge in [0.15, 0.2) is 0 Å². The van der Waals surface area contributed by atoms with Crippen LogP contribution in [0.25, 0.3) is 0 Å². The van der Waals surface area contributed by atoms with Crippen LogP contribution < -0.4 is 4.90 Å². The molecule has 0 N–H and O–H groups in total. The maximum absolute atomic E-state index is 4.15. The van der Waals surface area contributed by atoms with Gasteiger partial charge in [0.05, 0.1) is 11.9 Å². The Balaban J connectivity index is 2.36. The predicted molar refractivity (Wildman–Crippen MR) is 50.4 cm³/mol. The van der Waals surface area contributed by atoms with E-state index >= 15 is 0 Å². The molecule has 0 saturated heterocycles. The van der Waals surface area contributed by atoms with Crippen LogP contribution in [0.2, 0.25) is 0 Å². The van der Waals surface area contributed by atoms with Crippen molar-refractivity contribution < 1.29 is 0 Å². The summed E-state index contributed by atoms with van der Waals surface area (Å²) >= 11 is 0. The van der Waals surface area contributed by atoms with Crippen LogP contribution in [0.4, 0.5) is 5.69 Å². The summed E-state index contributed by atoms with van der Waals surface area (Å²) in [6, 6.07) is 2.72. The second kappa shape index (κ2) is 2.77. The Kier molecular flexibility index (Phi) is 1.75. The van der Waals surface area contributed by atoms with E-state index in [1.54, 1.807) is 0 Å². The fraction of sp³-hybridized carbons (Fsp3) is 0.500. The van der Waals surface area contributed by atoms with Gasteiger partial charge in [0.1, 0.15) is 0 Å². The topological polar surface area (TPSA) is 16.1 Å². The Hall–Kier alpha value is -1.05. The molecule has 0 bridgehead atoms. The van der Waals surface area contributed by atoms with E-state index in [1.165, 1.54) is 17.7 Å². The van der Waals surface area contributed by atoms with Gasteiger partial charge in [-0.25, -0.2) is 0 Å². The van der Waals surface area contributed by atoms with Crippen molar-refractivity contribution in [3.05, 3.63) is 24.0 Å². The number of fused-ring (bicyclic) bond motifs is 1. The second-order valence-corrected chi connectivity index (χ2v) is 3.54. The largest absolute Gasteiger partial charge is 0.367 e. The molecule has 2 rings (SSSR count). The number of anilines is 1. The molecule has 2 nitrogen and oxygen atoms in total. The van der Waals surface area contributed by atoms with Gasteiger partial charge in [0, 0.05) is 18.8 Å². The zero-order valence-corrected chi connectivity index (χ0v) is 7.62. The minimum absolute atomic E-state index is 0.593. The standard InChI is InChI=1S/C10H14N2/c1-8(2)12-6-4-9-3-5-11-7-10(9)12/h3,5,7-8H,4,6H2,1-2H3. The van der Waals surface area contributed by atoms with E-state index in [1.807, 2.05) is 12.4 Å². The third kappa shape index (κ3) is 1.07. The van der Waals surface area contributed by atoms with Gasteiger partial charge in [-0.3, -0.25) is 4.98 Å². The first kappa shape index (κ1) is 7.59. The second-order valence-electron chi connectivity index (χ2n) is 3.54. The summed E-state index contributed by atoms with van der Waals surface area (Å²) < 4.78 is 0. The van der Waals surface area contributed by atoms with Gasteiger partial charge in [-0.05, 0) is 31.9 Å². The zero-order chi connectivity index (χ0) is 8.55. The quantitative estimate of drug-likeness (QED) is 0.626. The lowest BCUT2D eigenvalue weighted by atomic mass is 10.2. The van der Waals surface area contributed by atoms with E-state index in [0.29, 0.717) is 6.04 Å². The molecule has 12 heavy (non-hydrogen) atoms. The molecule has 0 unspecified atom stereocenters. The van der Waals surface area contributed by atoms with Crippen molar-refractivity contribution in [3.8, 4) is 0 Å². The SMILES string of the molecule is CC(C)N1CCc2ccncc21. The molecule has 0 radical (unpaired) electrons. The van der Waals surface area contributed by atoms with E-state index in [4.69, 9.17) is 0 Å². The van der Waals surface area contributed by atoms with Crippen molar-refractivity contribution in [1.29, 1.82) is 0 Å². The normalized spacial score (nSPS) is 15.4. The average Bonchev–Trinajstić information content (AvgIpc) is 2.47. The average molecular weight is 162 g/mol. The molecule has 0 amide bonds. The fourth-order valence-electron chi connectivity index (χ4n) is 1.78. The molecule has 2 heteroatoms. The Bertz CT molecular complexity index is 281. The van der Waals surface area contributed by atoms with Crippen LogP contribution in [0.1, 0.15) is 19.4 Å². The first-order valence-corrected chi connectivity index (χ1v) is 4.48. The van der Waals surface area contributed by atoms with Gasteiger partial charge in [-0.2, -0.15) is 0 Å². The number of hydrogen-bond donors (Lipinski definition) is 0. The van der Waals surface area contributed by atoms with Gasteiger partial charge in [-0.1, -0.05) is 0 Å². The molecule has 1 aromatic heterocycles. The van der Waals surface area contributed by atoms with Crippen molar-refractivity contribution in [2.45, 2.75) is 26.3 Å². The van der Waals surface area contributed by atoms with E-state index < -0.39 is 0 Å². The highest BCUT2D eigenvalue weighted by atomic mass is 15.2. The first-order chi connectivity index (χ1) is 5.79. The van der Waals surface area contributed by atoms with Gasteiger partial charge in [0.2, 0.25) is 0 Å². The Morgan fingerprint density at radius 1 is 1.50 bits per heavy atom. The number of aromatic nitrogens is 1. The van der Waals surface area contributed by atoms with Crippen LogP contribution in [-0.2, 0) is 6.42 Å². The number of pyridine rings is 1. The molecule has 1 aliphatic heterocycles. The molecule has 0 aliphatic carbocycles. The van der Waals surface area contributed by atoms with E-state index in [-0.39, 0.29) is 0 Å². The monoisotopic (exact) mass is 162 g/mol. The van der Waals surface area contributed by atoms with Crippen LogP contribution in [0, 0.1) is 0 Å². The minimum atomic E-state index is 0.593. The highest BCUT2D eigenvalue weighted by Gasteiger charge is 2.20. The smallest absolute Gasteiger partial charge is 0.0588 e. The highest BCUT2D eigenvalue weighted by Crippen LogP contribution is 2.27. The van der Waals surface area contributed by atoms with E-state index in [9.17, 15) is 0 Å². The summed E-state index contributed by atoms with van der Waals surface area (Å²) in [6.45, 7) is 5.60. The summed E-state index contributed by atoms with van der Waals surface area (Å²) in [7, 11) is 0. The van der Waals surface area contributed by atoms with Gasteiger partial charge in [-0.15, -0.1) is 0 Å². The van der Waals surface area contributed by atoms with Gasteiger partial charge in [0.25, 0.3) is 0 Å². The van der Waals surface area contributed by atoms with Crippen molar-refractivity contribution in [1.82, 2.24) is 4.98 Å². The number of rotatable bonds is 1. The molecule has 0 aromatic carbocycles. The highest BCUT2D eigenvalue weighted by molar-refractivity contribution is 5.56. The molecule has 0 atom stereocenters.